The molecule has 6 heteroatoms. The fourth-order valence-corrected chi connectivity index (χ4v) is 4.09. The van der Waals surface area contributed by atoms with Crippen molar-refractivity contribution in [2.24, 2.45) is 0 Å². The van der Waals surface area contributed by atoms with Crippen molar-refractivity contribution in [1.82, 2.24) is 15.1 Å². The van der Waals surface area contributed by atoms with E-state index in [2.05, 4.69) is 27.5 Å². The molecule has 1 aliphatic rings. The largest absolute Gasteiger partial charge is 0.507 e. The van der Waals surface area contributed by atoms with Gasteiger partial charge in [-0.1, -0.05) is 0 Å². The van der Waals surface area contributed by atoms with E-state index in [-0.39, 0.29) is 5.75 Å². The third-order valence-electron chi connectivity index (χ3n) is 4.59. The van der Waals surface area contributed by atoms with Gasteiger partial charge < -0.3 is 15.3 Å². The van der Waals surface area contributed by atoms with E-state index >= 15 is 0 Å². The monoisotopic (exact) mass is 340 g/mol. The number of benzene rings is 1. The molecule has 0 radical (unpaired) electrons. The highest BCUT2D eigenvalue weighted by Crippen LogP contribution is 2.38. The van der Waals surface area contributed by atoms with Gasteiger partial charge in [0.05, 0.1) is 5.69 Å². The summed E-state index contributed by atoms with van der Waals surface area (Å²) in [4.78, 5) is 2.31. The van der Waals surface area contributed by atoms with E-state index in [0.717, 1.165) is 52.2 Å². The molecule has 5 nitrogen and oxygen atoms in total. The lowest BCUT2D eigenvalue weighted by atomic mass is 10.0. The van der Waals surface area contributed by atoms with Crippen molar-refractivity contribution < 1.29 is 5.11 Å². The van der Waals surface area contributed by atoms with Gasteiger partial charge in [-0.05, 0) is 62.1 Å². The molecular formula is C18H20N4OS. The predicted octanol–water partition coefficient (Wildman–Crippen LogP) is 3.49. The smallest absolute Gasteiger partial charge is 0.149 e. The van der Waals surface area contributed by atoms with Gasteiger partial charge in [0, 0.05) is 28.2 Å². The fourth-order valence-electron chi connectivity index (χ4n) is 3.30. The molecule has 3 heterocycles. The number of nitrogens with one attached hydrogen (secondary N) is 1. The van der Waals surface area contributed by atoms with Gasteiger partial charge >= 0.3 is 0 Å². The highest BCUT2D eigenvalue weighted by molar-refractivity contribution is 7.17. The highest BCUT2D eigenvalue weighted by Gasteiger charge is 2.20. The number of nitrogens with zero attached hydrogens (tertiary/aromatic N) is 3. The number of likely N-dealkylation sites (N-methyl/N-ethyl adjacent to an activating group) is 1. The summed E-state index contributed by atoms with van der Waals surface area (Å²) in [5.41, 5.74) is 2.47. The Bertz CT molecular complexity index is 892. The molecular weight excluding hydrogens is 320 g/mol. The Morgan fingerprint density at radius 1 is 1.29 bits per heavy atom. The lowest BCUT2D eigenvalue weighted by Gasteiger charge is -2.14. The number of aryl methyl sites for hydroxylation is 1. The maximum atomic E-state index is 10.6. The van der Waals surface area contributed by atoms with Crippen molar-refractivity contribution in [3.63, 3.8) is 0 Å². The van der Waals surface area contributed by atoms with Crippen LogP contribution in [0.5, 0.6) is 5.75 Å². The molecule has 0 amide bonds. The summed E-state index contributed by atoms with van der Waals surface area (Å²) in [6.07, 6.45) is 1.12. The first-order chi connectivity index (χ1) is 11.6. The number of aromatic hydroxyl groups is 1. The molecule has 1 atom stereocenters. The Hall–Kier alpha value is -2.18. The number of fused-ring (bicyclic) bond motifs is 1. The van der Waals surface area contributed by atoms with Crippen molar-refractivity contribution in [1.29, 1.82) is 0 Å². The summed E-state index contributed by atoms with van der Waals surface area (Å²) in [5.74, 6) is 1.08. The molecule has 0 bridgehead atoms. The summed E-state index contributed by atoms with van der Waals surface area (Å²) >= 11 is 1.62. The highest BCUT2D eigenvalue weighted by atomic mass is 32.1. The van der Waals surface area contributed by atoms with Gasteiger partial charge in [0.25, 0.3) is 0 Å². The number of aromatic nitrogens is 2. The van der Waals surface area contributed by atoms with Crippen molar-refractivity contribution >= 4 is 27.2 Å². The van der Waals surface area contributed by atoms with Gasteiger partial charge in [-0.15, -0.1) is 21.5 Å². The van der Waals surface area contributed by atoms with Crippen LogP contribution in [0.4, 0.5) is 5.82 Å². The van der Waals surface area contributed by atoms with Crippen LogP contribution in [0.3, 0.4) is 0 Å². The van der Waals surface area contributed by atoms with Gasteiger partial charge in [-0.25, -0.2) is 0 Å². The summed E-state index contributed by atoms with van der Waals surface area (Å²) in [6.45, 7) is 4.14. The SMILES string of the molecule is Cc1cc(N[C@@H]2CCN(C)C2)nnc1-c1ccc2sccc2c1O. The van der Waals surface area contributed by atoms with Gasteiger partial charge in [-0.3, -0.25) is 0 Å². The zero-order valence-corrected chi connectivity index (χ0v) is 14.6. The summed E-state index contributed by atoms with van der Waals surface area (Å²) < 4.78 is 1.07. The van der Waals surface area contributed by atoms with E-state index in [9.17, 15) is 5.11 Å². The van der Waals surface area contributed by atoms with Gasteiger partial charge in [-0.2, -0.15) is 0 Å². The van der Waals surface area contributed by atoms with Crippen LogP contribution in [-0.2, 0) is 0 Å². The van der Waals surface area contributed by atoms with Crippen molar-refractivity contribution in [2.45, 2.75) is 19.4 Å². The van der Waals surface area contributed by atoms with Crippen LogP contribution < -0.4 is 5.32 Å². The Kier molecular flexibility index (Phi) is 3.86. The topological polar surface area (TPSA) is 61.3 Å². The molecule has 2 aromatic heterocycles. The van der Waals surface area contributed by atoms with E-state index in [1.807, 2.05) is 36.6 Å². The normalized spacial score (nSPS) is 18.3. The van der Waals surface area contributed by atoms with Crippen LogP contribution >= 0.6 is 11.3 Å². The molecule has 124 valence electrons. The van der Waals surface area contributed by atoms with Crippen molar-refractivity contribution in [3.8, 4) is 17.0 Å². The van der Waals surface area contributed by atoms with Gasteiger partial charge in [0.2, 0.25) is 0 Å². The standard InChI is InChI=1S/C18H20N4OS/c1-11-9-16(19-12-5-7-22(2)10-12)20-21-17(11)14-3-4-15-13(18(14)23)6-8-24-15/h3-4,6,8-9,12,23H,5,7,10H2,1-2H3,(H,19,20)/t12-/m1/s1. The summed E-state index contributed by atoms with van der Waals surface area (Å²) in [5, 5.41) is 25.6. The number of phenols is 1. The van der Waals surface area contributed by atoms with Gasteiger partial charge in [0.15, 0.2) is 0 Å². The second-order valence-corrected chi connectivity index (χ2v) is 7.40. The van der Waals surface area contributed by atoms with E-state index in [1.165, 1.54) is 0 Å². The van der Waals surface area contributed by atoms with E-state index in [1.54, 1.807) is 11.3 Å². The Morgan fingerprint density at radius 2 is 2.17 bits per heavy atom. The van der Waals surface area contributed by atoms with Crippen LogP contribution in [0.2, 0.25) is 0 Å². The van der Waals surface area contributed by atoms with Crippen LogP contribution in [0.15, 0.2) is 29.6 Å². The molecule has 1 fully saturated rings. The summed E-state index contributed by atoms with van der Waals surface area (Å²) in [6, 6.07) is 8.32. The van der Waals surface area contributed by atoms with E-state index in [0.29, 0.717) is 6.04 Å². The Labute approximate surface area is 145 Å². The zero-order chi connectivity index (χ0) is 16.7. The quantitative estimate of drug-likeness (QED) is 0.764. The maximum absolute atomic E-state index is 10.6. The minimum Gasteiger partial charge on any atom is -0.507 e. The average Bonchev–Trinajstić information content (AvgIpc) is 3.18. The number of hydrogen-bond acceptors (Lipinski definition) is 6. The van der Waals surface area contributed by atoms with Gasteiger partial charge in [0.1, 0.15) is 11.6 Å². The van der Waals surface area contributed by atoms with Crippen LogP contribution in [0, 0.1) is 6.92 Å². The van der Waals surface area contributed by atoms with Crippen LogP contribution in [0.25, 0.3) is 21.3 Å². The minimum absolute atomic E-state index is 0.282. The Balaban J connectivity index is 1.64. The maximum Gasteiger partial charge on any atom is 0.149 e. The lowest BCUT2D eigenvalue weighted by molar-refractivity contribution is 0.414. The number of rotatable bonds is 3. The van der Waals surface area contributed by atoms with E-state index in [4.69, 9.17) is 0 Å². The second kappa shape index (κ2) is 6.03. The molecule has 24 heavy (non-hydrogen) atoms. The first-order valence-electron chi connectivity index (χ1n) is 8.11. The van der Waals surface area contributed by atoms with E-state index < -0.39 is 0 Å². The molecule has 0 spiro atoms. The second-order valence-electron chi connectivity index (χ2n) is 6.45. The molecule has 0 saturated carbocycles. The lowest BCUT2D eigenvalue weighted by Crippen LogP contribution is -2.24. The molecule has 1 aromatic carbocycles. The van der Waals surface area contributed by atoms with Crippen molar-refractivity contribution in [2.75, 3.05) is 25.5 Å². The average molecular weight is 340 g/mol. The molecule has 1 saturated heterocycles. The first-order valence-corrected chi connectivity index (χ1v) is 8.99. The summed E-state index contributed by atoms with van der Waals surface area (Å²) in [7, 11) is 2.13. The first kappa shape index (κ1) is 15.4. The van der Waals surface area contributed by atoms with Crippen molar-refractivity contribution in [3.05, 3.63) is 35.2 Å². The molecule has 4 rings (SSSR count). The molecule has 0 aliphatic carbocycles. The number of hydrogen-bond donors (Lipinski definition) is 2. The van der Waals surface area contributed by atoms with Crippen LogP contribution in [-0.4, -0.2) is 46.4 Å². The number of phenolic OH excluding ortho intramolecular Hbond substituents is 1. The molecule has 0 unspecified atom stereocenters. The number of thiophene rings is 1. The Morgan fingerprint density at radius 3 is 2.92 bits per heavy atom. The molecule has 1 aliphatic heterocycles. The predicted molar refractivity (Wildman–Crippen MR) is 98.8 cm³/mol. The van der Waals surface area contributed by atoms with Crippen LogP contribution in [0.1, 0.15) is 12.0 Å². The minimum atomic E-state index is 0.282. The third-order valence-corrected chi connectivity index (χ3v) is 5.47. The number of anilines is 1. The molecule has 2 N–H and O–H groups in total. The fraction of sp³-hybridized carbons (Fsp3) is 0.333. The third kappa shape index (κ3) is 2.72. The zero-order valence-electron chi connectivity index (χ0n) is 13.8. The molecule has 3 aromatic rings. The number of likely N-dealkylation sites (tertiary alicyclic amines) is 1.